The highest BCUT2D eigenvalue weighted by Crippen LogP contribution is 2.42. The Morgan fingerprint density at radius 3 is 2.71 bits per heavy atom. The summed E-state index contributed by atoms with van der Waals surface area (Å²) >= 11 is 0. The van der Waals surface area contributed by atoms with E-state index in [0.717, 1.165) is 17.5 Å². The molecule has 1 fully saturated rings. The summed E-state index contributed by atoms with van der Waals surface area (Å²) in [4.78, 5) is 12.0. The third kappa shape index (κ3) is 2.00. The van der Waals surface area contributed by atoms with E-state index < -0.39 is 0 Å². The standard InChI is InChI=1S/C17H14N2O2/c20-17-19(18-11-12-6-2-1-3-7-12)16-14-9-5-4-8-13(14)10-15(16)21-17/h1-9,11,15-16H,10H2/b18-11+/t15-,16+/m1/s1. The van der Waals surface area contributed by atoms with Gasteiger partial charge in [0.2, 0.25) is 0 Å². The molecular formula is C17H14N2O2. The Kier molecular flexibility index (Phi) is 2.74. The Morgan fingerprint density at radius 2 is 1.86 bits per heavy atom. The molecule has 2 atom stereocenters. The van der Waals surface area contributed by atoms with Crippen molar-refractivity contribution in [1.29, 1.82) is 0 Å². The van der Waals surface area contributed by atoms with Crippen molar-refractivity contribution in [3.05, 3.63) is 71.3 Å². The number of ether oxygens (including phenoxy) is 1. The van der Waals surface area contributed by atoms with Crippen LogP contribution in [-0.2, 0) is 11.2 Å². The van der Waals surface area contributed by atoms with Gasteiger partial charge in [0, 0.05) is 6.42 Å². The summed E-state index contributed by atoms with van der Waals surface area (Å²) in [7, 11) is 0. The van der Waals surface area contributed by atoms with E-state index >= 15 is 0 Å². The first-order chi connectivity index (χ1) is 10.3. The molecule has 1 heterocycles. The van der Waals surface area contributed by atoms with E-state index in [1.165, 1.54) is 10.6 Å². The topological polar surface area (TPSA) is 41.9 Å². The SMILES string of the molecule is O=C1O[C@@H]2Cc3ccccc3[C@@H]2N1/N=C/c1ccccc1. The van der Waals surface area contributed by atoms with Crippen molar-refractivity contribution in [2.24, 2.45) is 5.10 Å². The second kappa shape index (κ2) is 4.74. The predicted octanol–water partition coefficient (Wildman–Crippen LogP) is 3.14. The maximum absolute atomic E-state index is 12.0. The van der Waals surface area contributed by atoms with Crippen LogP contribution in [0.15, 0.2) is 59.7 Å². The molecule has 0 bridgehead atoms. The van der Waals surface area contributed by atoms with Gasteiger partial charge in [0.1, 0.15) is 12.1 Å². The first kappa shape index (κ1) is 12.1. The normalized spacial score (nSPS) is 23.2. The lowest BCUT2D eigenvalue weighted by molar-refractivity contribution is 0.132. The summed E-state index contributed by atoms with van der Waals surface area (Å²) < 4.78 is 5.44. The maximum atomic E-state index is 12.0. The van der Waals surface area contributed by atoms with Crippen molar-refractivity contribution < 1.29 is 9.53 Å². The number of hydrogen-bond acceptors (Lipinski definition) is 3. The van der Waals surface area contributed by atoms with Crippen LogP contribution < -0.4 is 0 Å². The van der Waals surface area contributed by atoms with Crippen LogP contribution in [0.2, 0.25) is 0 Å². The molecule has 0 unspecified atom stereocenters. The van der Waals surface area contributed by atoms with Crippen LogP contribution in [0.4, 0.5) is 4.79 Å². The lowest BCUT2D eigenvalue weighted by Crippen LogP contribution is -2.22. The molecule has 2 aliphatic rings. The van der Waals surface area contributed by atoms with E-state index in [2.05, 4.69) is 11.2 Å². The third-order valence-electron chi connectivity index (χ3n) is 3.98. The summed E-state index contributed by atoms with van der Waals surface area (Å²) in [6.07, 6.45) is 1.98. The van der Waals surface area contributed by atoms with Gasteiger partial charge in [-0.2, -0.15) is 10.1 Å². The Bertz CT molecular complexity index is 712. The largest absolute Gasteiger partial charge is 0.442 e. The minimum atomic E-state index is -0.369. The number of carbonyl (C=O) groups is 1. The van der Waals surface area contributed by atoms with Crippen LogP contribution >= 0.6 is 0 Å². The molecule has 0 aromatic heterocycles. The van der Waals surface area contributed by atoms with Gasteiger partial charge in [-0.15, -0.1) is 0 Å². The Balaban J connectivity index is 1.66. The van der Waals surface area contributed by atoms with Gasteiger partial charge in [-0.1, -0.05) is 54.6 Å². The molecule has 0 radical (unpaired) electrons. The van der Waals surface area contributed by atoms with Gasteiger partial charge >= 0.3 is 6.09 Å². The molecular weight excluding hydrogens is 264 g/mol. The number of fused-ring (bicyclic) bond motifs is 3. The average molecular weight is 278 g/mol. The molecule has 1 aliphatic heterocycles. The summed E-state index contributed by atoms with van der Waals surface area (Å²) in [6, 6.07) is 17.8. The monoisotopic (exact) mass is 278 g/mol. The molecule has 0 spiro atoms. The highest BCUT2D eigenvalue weighted by atomic mass is 16.6. The molecule has 104 valence electrons. The van der Waals surface area contributed by atoms with E-state index in [9.17, 15) is 4.79 Å². The lowest BCUT2D eigenvalue weighted by atomic mass is 10.1. The van der Waals surface area contributed by atoms with Crippen molar-refractivity contribution in [2.45, 2.75) is 18.6 Å². The fourth-order valence-corrected chi connectivity index (χ4v) is 3.02. The minimum Gasteiger partial charge on any atom is -0.442 e. The maximum Gasteiger partial charge on any atom is 0.431 e. The van der Waals surface area contributed by atoms with Gasteiger partial charge in [0.15, 0.2) is 0 Å². The molecule has 1 saturated heterocycles. The first-order valence-electron chi connectivity index (χ1n) is 6.99. The van der Waals surface area contributed by atoms with Crippen LogP contribution in [0, 0.1) is 0 Å². The van der Waals surface area contributed by atoms with Crippen LogP contribution in [0.5, 0.6) is 0 Å². The molecule has 4 heteroatoms. The van der Waals surface area contributed by atoms with Gasteiger partial charge in [-0.3, -0.25) is 0 Å². The van der Waals surface area contributed by atoms with E-state index in [0.29, 0.717) is 0 Å². The van der Waals surface area contributed by atoms with Gasteiger partial charge < -0.3 is 4.74 Å². The van der Waals surface area contributed by atoms with E-state index in [-0.39, 0.29) is 18.2 Å². The zero-order valence-electron chi connectivity index (χ0n) is 11.3. The molecule has 4 rings (SSSR count). The van der Waals surface area contributed by atoms with Gasteiger partial charge in [0.25, 0.3) is 0 Å². The molecule has 21 heavy (non-hydrogen) atoms. The number of carbonyl (C=O) groups excluding carboxylic acids is 1. The minimum absolute atomic E-state index is 0.103. The number of amides is 1. The molecule has 2 aromatic rings. The second-order valence-corrected chi connectivity index (χ2v) is 5.27. The summed E-state index contributed by atoms with van der Waals surface area (Å²) in [6.45, 7) is 0. The molecule has 4 nitrogen and oxygen atoms in total. The van der Waals surface area contributed by atoms with Crippen LogP contribution in [0.1, 0.15) is 22.7 Å². The molecule has 0 saturated carbocycles. The highest BCUT2D eigenvalue weighted by molar-refractivity contribution is 5.81. The van der Waals surface area contributed by atoms with Crippen LogP contribution in [0.3, 0.4) is 0 Å². The Hall–Kier alpha value is -2.62. The number of rotatable bonds is 2. The zero-order valence-corrected chi connectivity index (χ0v) is 11.3. The van der Waals surface area contributed by atoms with Crippen molar-refractivity contribution in [2.75, 3.05) is 0 Å². The molecule has 0 N–H and O–H groups in total. The van der Waals surface area contributed by atoms with Crippen molar-refractivity contribution in [1.82, 2.24) is 5.01 Å². The summed E-state index contributed by atoms with van der Waals surface area (Å²) in [5.41, 5.74) is 3.33. The Labute approximate surface area is 122 Å². The van der Waals surface area contributed by atoms with E-state index in [1.54, 1.807) is 6.21 Å². The fourth-order valence-electron chi connectivity index (χ4n) is 3.02. The molecule has 1 amide bonds. The second-order valence-electron chi connectivity index (χ2n) is 5.27. The Morgan fingerprint density at radius 1 is 1.10 bits per heavy atom. The number of benzene rings is 2. The van der Waals surface area contributed by atoms with Gasteiger partial charge in [-0.25, -0.2) is 4.79 Å². The van der Waals surface area contributed by atoms with Crippen molar-refractivity contribution in [3.63, 3.8) is 0 Å². The van der Waals surface area contributed by atoms with Gasteiger partial charge in [-0.05, 0) is 16.7 Å². The first-order valence-corrected chi connectivity index (χ1v) is 6.99. The highest BCUT2D eigenvalue weighted by Gasteiger charge is 2.47. The zero-order chi connectivity index (χ0) is 14.2. The summed E-state index contributed by atoms with van der Waals surface area (Å²) in [5, 5.41) is 5.81. The molecule has 1 aliphatic carbocycles. The van der Waals surface area contributed by atoms with Crippen LogP contribution in [0.25, 0.3) is 0 Å². The summed E-state index contributed by atoms with van der Waals surface area (Å²) in [5.74, 6) is 0. The average Bonchev–Trinajstić information content (AvgIpc) is 3.01. The lowest BCUT2D eigenvalue weighted by Gasteiger charge is -2.15. The van der Waals surface area contributed by atoms with E-state index in [1.807, 2.05) is 48.5 Å². The van der Waals surface area contributed by atoms with E-state index in [4.69, 9.17) is 4.74 Å². The van der Waals surface area contributed by atoms with Crippen molar-refractivity contribution >= 4 is 12.3 Å². The fraction of sp³-hybridized carbons (Fsp3) is 0.176. The third-order valence-corrected chi connectivity index (χ3v) is 3.98. The van der Waals surface area contributed by atoms with Crippen molar-refractivity contribution in [3.8, 4) is 0 Å². The number of hydrogen-bond donors (Lipinski definition) is 0. The van der Waals surface area contributed by atoms with Crippen LogP contribution in [-0.4, -0.2) is 23.4 Å². The number of nitrogens with zero attached hydrogens (tertiary/aromatic N) is 2. The predicted molar refractivity (Wildman–Crippen MR) is 79.0 cm³/mol. The number of hydrazone groups is 1. The quantitative estimate of drug-likeness (QED) is 0.792. The molecule has 2 aromatic carbocycles. The van der Waals surface area contributed by atoms with Gasteiger partial charge in [0.05, 0.1) is 6.21 Å². The smallest absolute Gasteiger partial charge is 0.431 e.